The second kappa shape index (κ2) is 6.60. The highest BCUT2D eigenvalue weighted by Gasteiger charge is 2.23. The number of phenols is 1. The Labute approximate surface area is 144 Å². The average molecular weight is 349 g/mol. The molecule has 0 aromatic heterocycles. The second-order valence-electron chi connectivity index (χ2n) is 5.22. The summed E-state index contributed by atoms with van der Waals surface area (Å²) in [4.78, 5) is 18.1. The SMILES string of the molecule is O=C1CCCN1c1ccccc1N=Cc1cc(Cl)cc(Cl)c1O. The van der Waals surface area contributed by atoms with Gasteiger partial charge in [-0.15, -0.1) is 0 Å². The number of carbonyl (C=O) groups excluding carboxylic acids is 1. The number of hydrogen-bond acceptors (Lipinski definition) is 3. The summed E-state index contributed by atoms with van der Waals surface area (Å²) in [5, 5.41) is 10.6. The summed E-state index contributed by atoms with van der Waals surface area (Å²) in [6.45, 7) is 0.694. The van der Waals surface area contributed by atoms with Crippen molar-refractivity contribution in [2.24, 2.45) is 4.99 Å². The van der Waals surface area contributed by atoms with E-state index in [0.717, 1.165) is 12.1 Å². The zero-order chi connectivity index (χ0) is 16.4. The summed E-state index contributed by atoms with van der Waals surface area (Å²) in [6, 6.07) is 10.4. The zero-order valence-electron chi connectivity index (χ0n) is 12.2. The van der Waals surface area contributed by atoms with Gasteiger partial charge in [-0.1, -0.05) is 35.3 Å². The van der Waals surface area contributed by atoms with Gasteiger partial charge in [0, 0.05) is 29.8 Å². The number of para-hydroxylation sites is 2. The summed E-state index contributed by atoms with van der Waals surface area (Å²) in [6.07, 6.45) is 2.90. The molecule has 6 heteroatoms. The standard InChI is InChI=1S/C17H14Cl2N2O2/c18-12-8-11(17(23)13(19)9-12)10-20-14-4-1-2-5-15(14)21-7-3-6-16(21)22/h1-2,4-5,8-10,23H,3,6-7H2. The van der Waals surface area contributed by atoms with Crippen LogP contribution in [-0.4, -0.2) is 23.8 Å². The Balaban J connectivity index is 1.96. The second-order valence-corrected chi connectivity index (χ2v) is 6.06. The molecule has 2 aromatic rings. The lowest BCUT2D eigenvalue weighted by molar-refractivity contribution is -0.117. The molecule has 0 aliphatic carbocycles. The van der Waals surface area contributed by atoms with Gasteiger partial charge < -0.3 is 10.0 Å². The summed E-state index contributed by atoms with van der Waals surface area (Å²) in [5.74, 6) is 0.0239. The number of rotatable bonds is 3. The molecule has 1 aliphatic heterocycles. The molecule has 2 aromatic carbocycles. The Morgan fingerprint density at radius 1 is 1.22 bits per heavy atom. The molecule has 23 heavy (non-hydrogen) atoms. The summed E-state index contributed by atoms with van der Waals surface area (Å²) in [7, 11) is 0. The van der Waals surface area contributed by atoms with Crippen LogP contribution < -0.4 is 4.90 Å². The lowest BCUT2D eigenvalue weighted by atomic mass is 10.2. The fraction of sp³-hybridized carbons (Fsp3) is 0.176. The molecule has 118 valence electrons. The third-order valence-electron chi connectivity index (χ3n) is 3.65. The molecule has 1 N–H and O–H groups in total. The van der Waals surface area contributed by atoms with Crippen molar-refractivity contribution in [3.63, 3.8) is 0 Å². The molecule has 1 amide bonds. The van der Waals surface area contributed by atoms with E-state index in [1.807, 2.05) is 24.3 Å². The van der Waals surface area contributed by atoms with E-state index < -0.39 is 0 Å². The number of phenolic OH excluding ortho intramolecular Hbond substituents is 1. The van der Waals surface area contributed by atoms with Gasteiger partial charge in [-0.2, -0.15) is 0 Å². The molecule has 0 unspecified atom stereocenters. The summed E-state index contributed by atoms with van der Waals surface area (Å²) in [5.41, 5.74) is 1.84. The fourth-order valence-corrected chi connectivity index (χ4v) is 3.04. The van der Waals surface area contributed by atoms with Crippen LogP contribution in [0.5, 0.6) is 5.75 Å². The predicted octanol–water partition coefficient (Wildman–Crippen LogP) is 4.58. The minimum atomic E-state index is -0.0745. The van der Waals surface area contributed by atoms with Crippen LogP contribution in [0.15, 0.2) is 41.4 Å². The van der Waals surface area contributed by atoms with Crippen molar-refractivity contribution in [3.05, 3.63) is 52.0 Å². The highest BCUT2D eigenvalue weighted by atomic mass is 35.5. The number of benzene rings is 2. The first-order valence-corrected chi connectivity index (χ1v) is 7.93. The van der Waals surface area contributed by atoms with E-state index in [4.69, 9.17) is 23.2 Å². The minimum Gasteiger partial charge on any atom is -0.506 e. The maximum atomic E-state index is 11.9. The molecule has 4 nitrogen and oxygen atoms in total. The third kappa shape index (κ3) is 3.33. The van der Waals surface area contributed by atoms with E-state index in [1.54, 1.807) is 11.0 Å². The van der Waals surface area contributed by atoms with Crippen LogP contribution in [0.3, 0.4) is 0 Å². The lowest BCUT2D eigenvalue weighted by Gasteiger charge is -2.17. The molecule has 3 rings (SSSR count). The van der Waals surface area contributed by atoms with E-state index in [-0.39, 0.29) is 16.7 Å². The molecule has 0 saturated carbocycles. The van der Waals surface area contributed by atoms with Crippen LogP contribution >= 0.6 is 23.2 Å². The Bertz CT molecular complexity index is 790. The van der Waals surface area contributed by atoms with Crippen LogP contribution in [0, 0.1) is 0 Å². The Morgan fingerprint density at radius 3 is 2.74 bits per heavy atom. The fourth-order valence-electron chi connectivity index (χ4n) is 2.53. The first-order chi connectivity index (χ1) is 11.1. The minimum absolute atomic E-state index is 0.0745. The smallest absolute Gasteiger partial charge is 0.227 e. The number of aromatic hydroxyl groups is 1. The Kier molecular flexibility index (Phi) is 4.55. The summed E-state index contributed by atoms with van der Waals surface area (Å²) < 4.78 is 0. The van der Waals surface area contributed by atoms with Crippen molar-refractivity contribution in [2.75, 3.05) is 11.4 Å². The average Bonchev–Trinajstić information content (AvgIpc) is 2.95. The van der Waals surface area contributed by atoms with Gasteiger partial charge >= 0.3 is 0 Å². The van der Waals surface area contributed by atoms with E-state index in [1.165, 1.54) is 12.3 Å². The van der Waals surface area contributed by atoms with Gasteiger partial charge in [-0.25, -0.2) is 0 Å². The largest absolute Gasteiger partial charge is 0.506 e. The Morgan fingerprint density at radius 2 is 2.00 bits per heavy atom. The number of halogens is 2. The number of anilines is 1. The van der Waals surface area contributed by atoms with Crippen molar-refractivity contribution in [1.82, 2.24) is 0 Å². The molecular formula is C17H14Cl2N2O2. The summed E-state index contributed by atoms with van der Waals surface area (Å²) >= 11 is 11.9. The molecule has 0 spiro atoms. The maximum Gasteiger partial charge on any atom is 0.227 e. The van der Waals surface area contributed by atoms with Crippen molar-refractivity contribution < 1.29 is 9.90 Å². The number of aliphatic imine (C=N–C) groups is 1. The van der Waals surface area contributed by atoms with E-state index in [2.05, 4.69) is 4.99 Å². The Hall–Kier alpha value is -2.04. The first kappa shape index (κ1) is 15.8. The predicted molar refractivity (Wildman–Crippen MR) is 93.4 cm³/mol. The van der Waals surface area contributed by atoms with Crippen molar-refractivity contribution in [3.8, 4) is 5.75 Å². The molecule has 0 radical (unpaired) electrons. The normalized spacial score (nSPS) is 14.9. The van der Waals surface area contributed by atoms with Gasteiger partial charge in [0.05, 0.1) is 16.4 Å². The van der Waals surface area contributed by atoms with Gasteiger partial charge in [-0.3, -0.25) is 9.79 Å². The van der Waals surface area contributed by atoms with Gasteiger partial charge in [0.1, 0.15) is 5.75 Å². The highest BCUT2D eigenvalue weighted by Crippen LogP contribution is 2.33. The van der Waals surface area contributed by atoms with Crippen molar-refractivity contribution in [2.45, 2.75) is 12.8 Å². The van der Waals surface area contributed by atoms with Crippen molar-refractivity contribution >= 4 is 46.7 Å². The highest BCUT2D eigenvalue weighted by molar-refractivity contribution is 6.36. The third-order valence-corrected chi connectivity index (χ3v) is 4.15. The molecule has 1 saturated heterocycles. The number of nitrogens with zero attached hydrogens (tertiary/aromatic N) is 2. The van der Waals surface area contributed by atoms with Gasteiger partial charge in [0.2, 0.25) is 5.91 Å². The van der Waals surface area contributed by atoms with E-state index >= 15 is 0 Å². The van der Waals surface area contributed by atoms with Crippen LogP contribution in [-0.2, 0) is 4.79 Å². The topological polar surface area (TPSA) is 52.9 Å². The lowest BCUT2D eigenvalue weighted by Crippen LogP contribution is -2.23. The van der Waals surface area contributed by atoms with E-state index in [9.17, 15) is 9.90 Å². The first-order valence-electron chi connectivity index (χ1n) is 7.18. The molecule has 1 fully saturated rings. The van der Waals surface area contributed by atoms with Gasteiger partial charge in [0.15, 0.2) is 0 Å². The van der Waals surface area contributed by atoms with E-state index in [0.29, 0.717) is 29.2 Å². The number of amides is 1. The quantitative estimate of drug-likeness (QED) is 0.825. The van der Waals surface area contributed by atoms with Gasteiger partial charge in [-0.05, 0) is 30.7 Å². The van der Waals surface area contributed by atoms with Gasteiger partial charge in [0.25, 0.3) is 0 Å². The number of hydrogen-bond donors (Lipinski definition) is 1. The van der Waals surface area contributed by atoms with Crippen LogP contribution in [0.4, 0.5) is 11.4 Å². The number of carbonyl (C=O) groups is 1. The van der Waals surface area contributed by atoms with Crippen LogP contribution in [0.2, 0.25) is 10.0 Å². The monoisotopic (exact) mass is 348 g/mol. The van der Waals surface area contributed by atoms with Crippen molar-refractivity contribution in [1.29, 1.82) is 0 Å². The van der Waals surface area contributed by atoms with Crippen LogP contribution in [0.25, 0.3) is 0 Å². The molecule has 0 bridgehead atoms. The zero-order valence-corrected chi connectivity index (χ0v) is 13.7. The molecule has 0 atom stereocenters. The maximum absolute atomic E-state index is 11.9. The molecule has 1 aliphatic rings. The molecule has 1 heterocycles. The van der Waals surface area contributed by atoms with Crippen LogP contribution in [0.1, 0.15) is 18.4 Å². The molecular weight excluding hydrogens is 335 g/mol.